The van der Waals surface area contributed by atoms with Crippen LogP contribution in [0.1, 0.15) is 23.1 Å². The van der Waals surface area contributed by atoms with Crippen LogP contribution in [0.25, 0.3) is 5.65 Å². The number of alkyl halides is 3. The Morgan fingerprint density at radius 3 is 2.83 bits per heavy atom. The van der Waals surface area contributed by atoms with Crippen molar-refractivity contribution in [2.45, 2.75) is 13.1 Å². The van der Waals surface area contributed by atoms with Crippen LogP contribution in [0.15, 0.2) is 18.3 Å². The number of nitrogens with zero attached hydrogens (tertiary/aromatic N) is 3. The maximum absolute atomic E-state index is 12.7. The normalized spacial score (nSPS) is 11.8. The van der Waals surface area contributed by atoms with Crippen molar-refractivity contribution in [2.24, 2.45) is 0 Å². The van der Waals surface area contributed by atoms with Crippen LogP contribution in [-0.2, 0) is 10.9 Å². The number of fused-ring (bicyclic) bond motifs is 1. The van der Waals surface area contributed by atoms with E-state index in [1.165, 1.54) is 12.3 Å². The van der Waals surface area contributed by atoms with Crippen LogP contribution in [0.2, 0.25) is 0 Å². The van der Waals surface area contributed by atoms with Crippen LogP contribution in [-0.4, -0.2) is 27.2 Å². The maximum Gasteiger partial charge on any atom is 0.420 e. The number of hydrogen-bond acceptors (Lipinski definition) is 4. The molecule has 5 nitrogen and oxygen atoms in total. The Balaban J connectivity index is 2.55. The van der Waals surface area contributed by atoms with Crippen LogP contribution in [0.5, 0.6) is 0 Å². The number of rotatable bonds is 2. The Morgan fingerprint density at radius 2 is 2.22 bits per heavy atom. The number of esters is 1. The van der Waals surface area contributed by atoms with E-state index in [-0.39, 0.29) is 6.61 Å². The first kappa shape index (κ1) is 12.3. The summed E-state index contributed by atoms with van der Waals surface area (Å²) in [7, 11) is 0. The van der Waals surface area contributed by atoms with E-state index in [0.29, 0.717) is 0 Å². The summed E-state index contributed by atoms with van der Waals surface area (Å²) >= 11 is 0. The zero-order chi connectivity index (χ0) is 13.3. The molecule has 0 aromatic carbocycles. The van der Waals surface area contributed by atoms with E-state index in [9.17, 15) is 18.0 Å². The number of aromatic nitrogens is 3. The van der Waals surface area contributed by atoms with Gasteiger partial charge >= 0.3 is 12.1 Å². The van der Waals surface area contributed by atoms with E-state index in [1.54, 1.807) is 6.92 Å². The lowest BCUT2D eigenvalue weighted by molar-refractivity contribution is -0.136. The standard InChI is InChI=1S/C10H8F3N3O2/c1-2-18-9(17)7-14-8-6(10(11,12)13)4-3-5-16(8)15-7/h3-5H,2H2,1H3. The fourth-order valence-corrected chi connectivity index (χ4v) is 1.41. The van der Waals surface area contributed by atoms with E-state index >= 15 is 0 Å². The van der Waals surface area contributed by atoms with Gasteiger partial charge in [-0.25, -0.2) is 14.3 Å². The third-order valence-corrected chi connectivity index (χ3v) is 2.13. The lowest BCUT2D eigenvalue weighted by Gasteiger charge is -2.05. The lowest BCUT2D eigenvalue weighted by Crippen LogP contribution is -2.07. The van der Waals surface area contributed by atoms with Crippen LogP contribution < -0.4 is 0 Å². The summed E-state index contributed by atoms with van der Waals surface area (Å²) in [6.07, 6.45) is -3.28. The summed E-state index contributed by atoms with van der Waals surface area (Å²) in [5.74, 6) is -1.25. The molecule has 2 aromatic heterocycles. The number of pyridine rings is 1. The largest absolute Gasteiger partial charge is 0.460 e. The highest BCUT2D eigenvalue weighted by Gasteiger charge is 2.34. The van der Waals surface area contributed by atoms with Gasteiger partial charge in [-0.1, -0.05) is 0 Å². The summed E-state index contributed by atoms with van der Waals surface area (Å²) in [4.78, 5) is 14.9. The predicted molar refractivity (Wildman–Crippen MR) is 53.9 cm³/mol. The van der Waals surface area contributed by atoms with E-state index in [1.807, 2.05) is 0 Å². The molecule has 96 valence electrons. The maximum atomic E-state index is 12.7. The van der Waals surface area contributed by atoms with Gasteiger partial charge in [0, 0.05) is 6.20 Å². The average Bonchev–Trinajstić information content (AvgIpc) is 2.71. The molecule has 0 fully saturated rings. The Bertz CT molecular complexity index is 592. The van der Waals surface area contributed by atoms with Crippen molar-refractivity contribution in [3.8, 4) is 0 Å². The molecule has 0 amide bonds. The van der Waals surface area contributed by atoms with E-state index < -0.39 is 29.2 Å². The van der Waals surface area contributed by atoms with Gasteiger partial charge in [0.15, 0.2) is 5.65 Å². The zero-order valence-electron chi connectivity index (χ0n) is 9.23. The average molecular weight is 259 g/mol. The molecule has 0 spiro atoms. The molecule has 0 N–H and O–H groups in total. The van der Waals surface area contributed by atoms with Gasteiger partial charge in [0.25, 0.3) is 5.82 Å². The highest BCUT2D eigenvalue weighted by Crippen LogP contribution is 2.31. The molecule has 0 atom stereocenters. The van der Waals surface area contributed by atoms with Gasteiger partial charge in [0.05, 0.1) is 6.61 Å². The summed E-state index contributed by atoms with van der Waals surface area (Å²) in [5.41, 5.74) is -1.37. The Hall–Kier alpha value is -2.12. The van der Waals surface area contributed by atoms with E-state index in [0.717, 1.165) is 10.6 Å². The number of hydrogen-bond donors (Lipinski definition) is 0. The smallest absolute Gasteiger partial charge is 0.420 e. The minimum atomic E-state index is -4.55. The highest BCUT2D eigenvalue weighted by atomic mass is 19.4. The fraction of sp³-hybridized carbons (Fsp3) is 0.300. The lowest BCUT2D eigenvalue weighted by atomic mass is 10.2. The second-order valence-corrected chi connectivity index (χ2v) is 3.34. The molecule has 0 aliphatic rings. The summed E-state index contributed by atoms with van der Waals surface area (Å²) in [6.45, 7) is 1.68. The minimum absolute atomic E-state index is 0.0977. The topological polar surface area (TPSA) is 56.5 Å². The van der Waals surface area contributed by atoms with Gasteiger partial charge in [-0.15, -0.1) is 5.10 Å². The third-order valence-electron chi connectivity index (χ3n) is 2.13. The van der Waals surface area contributed by atoms with Crippen molar-refractivity contribution < 1.29 is 22.7 Å². The number of ether oxygens (including phenoxy) is 1. The van der Waals surface area contributed by atoms with Gasteiger partial charge in [-0.3, -0.25) is 0 Å². The number of halogens is 3. The zero-order valence-corrected chi connectivity index (χ0v) is 9.23. The summed E-state index contributed by atoms with van der Waals surface area (Å²) < 4.78 is 43.6. The first-order chi connectivity index (χ1) is 8.43. The molecule has 0 radical (unpaired) electrons. The minimum Gasteiger partial charge on any atom is -0.460 e. The van der Waals surface area contributed by atoms with Gasteiger partial charge in [0.1, 0.15) is 5.56 Å². The van der Waals surface area contributed by atoms with Gasteiger partial charge in [0.2, 0.25) is 0 Å². The summed E-state index contributed by atoms with van der Waals surface area (Å²) in [6, 6.07) is 2.05. The fourth-order valence-electron chi connectivity index (χ4n) is 1.41. The third kappa shape index (κ3) is 2.13. The van der Waals surface area contributed by atoms with Crippen molar-refractivity contribution in [1.82, 2.24) is 14.6 Å². The molecule has 0 aliphatic carbocycles. The van der Waals surface area contributed by atoms with Gasteiger partial charge in [-0.2, -0.15) is 13.2 Å². The monoisotopic (exact) mass is 259 g/mol. The molecule has 2 aromatic rings. The van der Waals surface area contributed by atoms with E-state index in [4.69, 9.17) is 0 Å². The Morgan fingerprint density at radius 1 is 1.50 bits per heavy atom. The molecule has 18 heavy (non-hydrogen) atoms. The molecular weight excluding hydrogens is 251 g/mol. The molecule has 0 unspecified atom stereocenters. The molecule has 0 saturated heterocycles. The molecule has 0 bridgehead atoms. The molecular formula is C10H8F3N3O2. The van der Waals surface area contributed by atoms with Crippen molar-refractivity contribution >= 4 is 11.6 Å². The van der Waals surface area contributed by atoms with E-state index in [2.05, 4.69) is 14.8 Å². The quantitative estimate of drug-likeness (QED) is 0.773. The van der Waals surface area contributed by atoms with Crippen molar-refractivity contribution in [3.05, 3.63) is 29.7 Å². The molecule has 0 aliphatic heterocycles. The van der Waals surface area contributed by atoms with Crippen LogP contribution in [0.3, 0.4) is 0 Å². The van der Waals surface area contributed by atoms with Crippen molar-refractivity contribution in [2.75, 3.05) is 6.61 Å². The number of carbonyl (C=O) groups is 1. The molecule has 2 heterocycles. The molecule has 2 rings (SSSR count). The van der Waals surface area contributed by atoms with Crippen LogP contribution >= 0.6 is 0 Å². The van der Waals surface area contributed by atoms with Crippen molar-refractivity contribution in [3.63, 3.8) is 0 Å². The first-order valence-corrected chi connectivity index (χ1v) is 5.03. The second kappa shape index (κ2) is 4.28. The van der Waals surface area contributed by atoms with Gasteiger partial charge < -0.3 is 4.74 Å². The molecule has 0 saturated carbocycles. The van der Waals surface area contributed by atoms with Crippen molar-refractivity contribution in [1.29, 1.82) is 0 Å². The predicted octanol–water partition coefficient (Wildman–Crippen LogP) is 1.92. The van der Waals surface area contributed by atoms with Gasteiger partial charge in [-0.05, 0) is 19.1 Å². The summed E-state index contributed by atoms with van der Waals surface area (Å²) in [5, 5.41) is 3.64. The Labute approximate surface area is 99.2 Å². The highest BCUT2D eigenvalue weighted by molar-refractivity contribution is 5.85. The first-order valence-electron chi connectivity index (χ1n) is 5.03. The van der Waals surface area contributed by atoms with Crippen LogP contribution in [0.4, 0.5) is 13.2 Å². The Kier molecular flexibility index (Phi) is 2.93. The second-order valence-electron chi connectivity index (χ2n) is 3.34. The van der Waals surface area contributed by atoms with Crippen LogP contribution in [0, 0.1) is 0 Å². The molecule has 8 heteroatoms. The SMILES string of the molecule is CCOC(=O)c1nc2c(C(F)(F)F)cccn2n1. The number of carbonyl (C=O) groups excluding carboxylic acids is 1.